The normalized spacial score (nSPS) is 13.0. The van der Waals surface area contributed by atoms with Crippen molar-refractivity contribution < 1.29 is 0 Å². The number of nitrogens with zero attached hydrogens (tertiary/aromatic N) is 2. The lowest BCUT2D eigenvalue weighted by Crippen LogP contribution is -2.59. The molecule has 0 N–H and O–H groups in total. The van der Waals surface area contributed by atoms with Gasteiger partial charge in [-0.1, -0.05) is 20.3 Å². The molecule has 0 amide bonds. The van der Waals surface area contributed by atoms with E-state index in [4.69, 9.17) is 0 Å². The summed E-state index contributed by atoms with van der Waals surface area (Å²) in [5.41, 5.74) is 0. The molecule has 0 unspecified atom stereocenters. The van der Waals surface area contributed by atoms with E-state index >= 15 is 0 Å². The topological polar surface area (TPSA) is 6.48 Å². The molecule has 0 aromatic carbocycles. The molecule has 0 radical (unpaired) electrons. The van der Waals surface area contributed by atoms with Gasteiger partial charge in [0.2, 0.25) is 8.40 Å². The van der Waals surface area contributed by atoms with Gasteiger partial charge in [0, 0.05) is 0 Å². The lowest BCUT2D eigenvalue weighted by Gasteiger charge is -2.42. The number of hydrogen-bond donors (Lipinski definition) is 0. The van der Waals surface area contributed by atoms with Crippen molar-refractivity contribution in [1.29, 1.82) is 0 Å². The van der Waals surface area contributed by atoms with E-state index < -0.39 is 8.40 Å². The molecule has 0 saturated heterocycles. The predicted octanol–water partition coefficient (Wildman–Crippen LogP) is 1.98. The molecule has 0 aliphatic heterocycles. The van der Waals surface area contributed by atoms with E-state index in [0.717, 1.165) is 0 Å². The standard InChI is InChI=1S/C9H24N2Si/c1-7-9-12(8-2,10(3)4)11(5)6/h7-9H2,1-6H3. The van der Waals surface area contributed by atoms with Crippen LogP contribution in [0.2, 0.25) is 12.1 Å². The maximum absolute atomic E-state index is 2.47. The summed E-state index contributed by atoms with van der Waals surface area (Å²) in [5, 5.41) is 0. The Morgan fingerprint density at radius 1 is 0.917 bits per heavy atom. The van der Waals surface area contributed by atoms with Gasteiger partial charge in [-0.25, -0.2) is 0 Å². The quantitative estimate of drug-likeness (QED) is 0.609. The van der Waals surface area contributed by atoms with Crippen molar-refractivity contribution in [2.24, 2.45) is 0 Å². The summed E-state index contributed by atoms with van der Waals surface area (Å²) in [4.78, 5) is 0. The molecule has 0 aliphatic rings. The van der Waals surface area contributed by atoms with E-state index in [-0.39, 0.29) is 0 Å². The van der Waals surface area contributed by atoms with Crippen molar-refractivity contribution in [3.8, 4) is 0 Å². The fourth-order valence-electron chi connectivity index (χ4n) is 2.06. The summed E-state index contributed by atoms with van der Waals surface area (Å²) in [7, 11) is 7.65. The fraction of sp³-hybridized carbons (Fsp3) is 1.00. The minimum Gasteiger partial charge on any atom is -0.317 e. The zero-order chi connectivity index (χ0) is 9.78. The van der Waals surface area contributed by atoms with Gasteiger partial charge in [-0.2, -0.15) is 0 Å². The second kappa shape index (κ2) is 4.99. The first-order chi connectivity index (χ1) is 5.51. The third kappa shape index (κ3) is 2.31. The molecule has 0 spiro atoms. The van der Waals surface area contributed by atoms with Crippen LogP contribution in [0.1, 0.15) is 20.3 Å². The predicted molar refractivity (Wildman–Crippen MR) is 58.7 cm³/mol. The van der Waals surface area contributed by atoms with Crippen LogP contribution in [-0.4, -0.2) is 45.7 Å². The van der Waals surface area contributed by atoms with E-state index in [0.29, 0.717) is 0 Å². The molecule has 0 rings (SSSR count). The van der Waals surface area contributed by atoms with Crippen LogP contribution in [0, 0.1) is 0 Å². The van der Waals surface area contributed by atoms with Gasteiger partial charge < -0.3 is 9.13 Å². The average Bonchev–Trinajstić information content (AvgIpc) is 1.98. The van der Waals surface area contributed by atoms with E-state index in [9.17, 15) is 0 Å². The van der Waals surface area contributed by atoms with Gasteiger partial charge in [-0.15, -0.1) is 0 Å². The van der Waals surface area contributed by atoms with Gasteiger partial charge in [0.15, 0.2) is 0 Å². The van der Waals surface area contributed by atoms with Crippen molar-refractivity contribution >= 4 is 8.40 Å². The molecule has 0 bridgehead atoms. The maximum atomic E-state index is 2.47. The first-order valence-electron chi connectivity index (χ1n) is 4.86. The van der Waals surface area contributed by atoms with Crippen LogP contribution in [0.5, 0.6) is 0 Å². The molecule has 12 heavy (non-hydrogen) atoms. The van der Waals surface area contributed by atoms with E-state index in [2.05, 4.69) is 51.2 Å². The molecule has 74 valence electrons. The molecule has 2 nitrogen and oxygen atoms in total. The Hall–Kier alpha value is 0.137. The molecule has 0 saturated carbocycles. The third-order valence-electron chi connectivity index (χ3n) is 2.88. The van der Waals surface area contributed by atoms with Gasteiger partial charge >= 0.3 is 0 Å². The van der Waals surface area contributed by atoms with Crippen molar-refractivity contribution in [2.75, 3.05) is 28.2 Å². The highest BCUT2D eigenvalue weighted by atomic mass is 28.3. The van der Waals surface area contributed by atoms with E-state index in [1.165, 1.54) is 18.5 Å². The van der Waals surface area contributed by atoms with Crippen LogP contribution in [0.15, 0.2) is 0 Å². The Bertz CT molecular complexity index is 116. The highest BCUT2D eigenvalue weighted by Crippen LogP contribution is 2.21. The molecular formula is C9H24N2Si. The first kappa shape index (κ1) is 12.1. The smallest absolute Gasteiger partial charge is 0.205 e. The summed E-state index contributed by atoms with van der Waals surface area (Å²) < 4.78 is 4.94. The van der Waals surface area contributed by atoms with Crippen LogP contribution >= 0.6 is 0 Å². The Labute approximate surface area is 78.7 Å². The Morgan fingerprint density at radius 2 is 1.33 bits per heavy atom. The number of hydrogen-bond acceptors (Lipinski definition) is 2. The zero-order valence-electron chi connectivity index (χ0n) is 9.52. The minimum atomic E-state index is -1.26. The van der Waals surface area contributed by atoms with Crippen LogP contribution in [-0.2, 0) is 0 Å². The molecule has 0 atom stereocenters. The molecular weight excluding hydrogens is 164 g/mol. The van der Waals surface area contributed by atoms with Crippen LogP contribution < -0.4 is 0 Å². The second-order valence-corrected chi connectivity index (χ2v) is 8.84. The molecule has 3 heteroatoms. The summed E-state index contributed by atoms with van der Waals surface area (Å²) in [6, 6.07) is 2.70. The minimum absolute atomic E-state index is 1.26. The molecule has 0 aliphatic carbocycles. The van der Waals surface area contributed by atoms with Crippen LogP contribution in [0.4, 0.5) is 0 Å². The van der Waals surface area contributed by atoms with Crippen molar-refractivity contribution in [3.63, 3.8) is 0 Å². The lowest BCUT2D eigenvalue weighted by atomic mass is 10.6. The largest absolute Gasteiger partial charge is 0.317 e. The second-order valence-electron chi connectivity index (χ2n) is 3.87. The molecule has 0 aromatic rings. The molecule has 0 heterocycles. The van der Waals surface area contributed by atoms with Gasteiger partial charge in [0.1, 0.15) is 0 Å². The van der Waals surface area contributed by atoms with Crippen molar-refractivity contribution in [3.05, 3.63) is 0 Å². The molecule has 0 fully saturated rings. The van der Waals surface area contributed by atoms with Gasteiger partial charge in [0.25, 0.3) is 0 Å². The summed E-state index contributed by atoms with van der Waals surface area (Å²) in [6.45, 7) is 4.60. The fourth-order valence-corrected chi connectivity index (χ4v) is 6.17. The lowest BCUT2D eigenvalue weighted by molar-refractivity contribution is 0.472. The van der Waals surface area contributed by atoms with Gasteiger partial charge in [-0.3, -0.25) is 0 Å². The Kier molecular flexibility index (Phi) is 5.05. The van der Waals surface area contributed by atoms with E-state index in [1.807, 2.05) is 0 Å². The summed E-state index contributed by atoms with van der Waals surface area (Å²) in [6.07, 6.45) is 1.30. The zero-order valence-corrected chi connectivity index (χ0v) is 10.5. The first-order valence-corrected chi connectivity index (χ1v) is 7.17. The number of rotatable bonds is 5. The highest BCUT2D eigenvalue weighted by Gasteiger charge is 2.35. The van der Waals surface area contributed by atoms with Crippen molar-refractivity contribution in [2.45, 2.75) is 32.4 Å². The summed E-state index contributed by atoms with van der Waals surface area (Å²) >= 11 is 0. The Morgan fingerprint density at radius 3 is 1.42 bits per heavy atom. The van der Waals surface area contributed by atoms with E-state index in [1.54, 1.807) is 0 Å². The third-order valence-corrected chi connectivity index (χ3v) is 8.64. The van der Waals surface area contributed by atoms with Gasteiger partial charge in [0.05, 0.1) is 0 Å². The van der Waals surface area contributed by atoms with Crippen LogP contribution in [0.3, 0.4) is 0 Å². The average molecular weight is 188 g/mol. The highest BCUT2D eigenvalue weighted by molar-refractivity contribution is 6.74. The SMILES string of the molecule is CCC[Si](CC)(N(C)C)N(C)C. The van der Waals surface area contributed by atoms with Crippen molar-refractivity contribution in [1.82, 2.24) is 9.13 Å². The molecule has 0 aromatic heterocycles. The summed E-state index contributed by atoms with van der Waals surface area (Å²) in [5.74, 6) is 0. The van der Waals surface area contributed by atoms with Crippen LogP contribution in [0.25, 0.3) is 0 Å². The Balaban J connectivity index is 4.51. The monoisotopic (exact) mass is 188 g/mol. The van der Waals surface area contributed by atoms with Gasteiger partial charge in [-0.05, 0) is 40.3 Å². The maximum Gasteiger partial charge on any atom is 0.205 e.